The van der Waals surface area contributed by atoms with Crippen LogP contribution in [-0.4, -0.2) is 47.5 Å². The second-order valence-electron chi connectivity index (χ2n) is 6.66. The van der Waals surface area contributed by atoms with E-state index in [0.29, 0.717) is 12.3 Å². The SMILES string of the molecule is CC(C)OCCCn1c(-c2ccc(Br)cc2)cnc1Sc1ccc2nnnn2n1. The molecule has 0 unspecified atom stereocenters. The van der Waals surface area contributed by atoms with Crippen molar-refractivity contribution in [1.29, 1.82) is 0 Å². The third-order valence-corrected chi connectivity index (χ3v) is 5.64. The van der Waals surface area contributed by atoms with Gasteiger partial charge in [-0.3, -0.25) is 0 Å². The largest absolute Gasteiger partial charge is 0.379 e. The Labute approximate surface area is 180 Å². The highest BCUT2D eigenvalue weighted by molar-refractivity contribution is 9.10. The maximum Gasteiger partial charge on any atom is 0.200 e. The monoisotopic (exact) mass is 473 g/mol. The van der Waals surface area contributed by atoms with Crippen molar-refractivity contribution in [2.45, 2.75) is 43.1 Å². The highest BCUT2D eigenvalue weighted by Gasteiger charge is 2.14. The molecular formula is C19H20BrN7OS. The summed E-state index contributed by atoms with van der Waals surface area (Å²) in [6.07, 6.45) is 3.03. The van der Waals surface area contributed by atoms with Gasteiger partial charge in [0.1, 0.15) is 5.03 Å². The zero-order valence-electron chi connectivity index (χ0n) is 16.1. The van der Waals surface area contributed by atoms with Gasteiger partial charge in [0, 0.05) is 17.6 Å². The summed E-state index contributed by atoms with van der Waals surface area (Å²) in [6.45, 7) is 5.60. The van der Waals surface area contributed by atoms with Crippen LogP contribution in [0.4, 0.5) is 0 Å². The topological polar surface area (TPSA) is 83.0 Å². The smallest absolute Gasteiger partial charge is 0.200 e. The summed E-state index contributed by atoms with van der Waals surface area (Å²) in [5.74, 6) is 0. The molecule has 0 N–H and O–H groups in total. The predicted octanol–water partition coefficient (Wildman–Crippen LogP) is 4.11. The van der Waals surface area contributed by atoms with E-state index in [2.05, 4.69) is 58.2 Å². The molecule has 0 aliphatic rings. The van der Waals surface area contributed by atoms with Crippen molar-refractivity contribution < 1.29 is 4.74 Å². The zero-order chi connectivity index (χ0) is 20.2. The number of imidazole rings is 1. The van der Waals surface area contributed by atoms with Crippen LogP contribution in [0.1, 0.15) is 20.3 Å². The fourth-order valence-electron chi connectivity index (χ4n) is 2.83. The van der Waals surface area contributed by atoms with E-state index in [1.54, 1.807) is 0 Å². The van der Waals surface area contributed by atoms with Gasteiger partial charge >= 0.3 is 0 Å². The first kappa shape index (κ1) is 20.0. The van der Waals surface area contributed by atoms with E-state index in [1.807, 2.05) is 44.3 Å². The van der Waals surface area contributed by atoms with Crippen LogP contribution in [0, 0.1) is 0 Å². The average molecular weight is 474 g/mol. The van der Waals surface area contributed by atoms with Crippen molar-refractivity contribution in [3.63, 3.8) is 0 Å². The average Bonchev–Trinajstić information content (AvgIpc) is 3.32. The lowest BCUT2D eigenvalue weighted by molar-refractivity contribution is 0.0746. The second kappa shape index (κ2) is 9.02. The molecule has 4 rings (SSSR count). The summed E-state index contributed by atoms with van der Waals surface area (Å²) in [5.41, 5.74) is 2.79. The van der Waals surface area contributed by atoms with Crippen LogP contribution in [0.15, 0.2) is 57.3 Å². The number of aromatic nitrogens is 7. The minimum absolute atomic E-state index is 0.227. The third kappa shape index (κ3) is 4.82. The lowest BCUT2D eigenvalue weighted by Crippen LogP contribution is -2.09. The Kier molecular flexibility index (Phi) is 6.22. The molecule has 10 heteroatoms. The minimum atomic E-state index is 0.227. The van der Waals surface area contributed by atoms with Gasteiger partial charge in [-0.05, 0) is 72.3 Å². The summed E-state index contributed by atoms with van der Waals surface area (Å²) in [7, 11) is 0. The fourth-order valence-corrected chi connectivity index (χ4v) is 3.94. The standard InChI is InChI=1S/C19H20BrN7OS/c1-13(2)28-11-3-10-26-16(14-4-6-15(20)7-5-14)12-21-19(26)29-18-9-8-17-22-24-25-27(17)23-18/h4-9,12-13H,3,10-11H2,1-2H3. The number of hydrogen-bond donors (Lipinski definition) is 0. The van der Waals surface area contributed by atoms with E-state index in [9.17, 15) is 0 Å². The maximum atomic E-state index is 5.71. The summed E-state index contributed by atoms with van der Waals surface area (Å²) < 4.78 is 10.4. The Morgan fingerprint density at radius 3 is 2.76 bits per heavy atom. The zero-order valence-corrected chi connectivity index (χ0v) is 18.5. The lowest BCUT2D eigenvalue weighted by atomic mass is 10.2. The van der Waals surface area contributed by atoms with E-state index in [-0.39, 0.29) is 6.10 Å². The van der Waals surface area contributed by atoms with Crippen molar-refractivity contribution in [3.8, 4) is 11.3 Å². The first-order valence-electron chi connectivity index (χ1n) is 9.26. The Hall–Kier alpha value is -2.30. The van der Waals surface area contributed by atoms with Crippen molar-refractivity contribution in [2.24, 2.45) is 0 Å². The molecule has 0 aliphatic heterocycles. The van der Waals surface area contributed by atoms with Gasteiger partial charge in [-0.15, -0.1) is 14.8 Å². The van der Waals surface area contributed by atoms with Crippen LogP contribution in [0.3, 0.4) is 0 Å². The van der Waals surface area contributed by atoms with Crippen LogP contribution in [0.25, 0.3) is 16.9 Å². The molecule has 3 heterocycles. The molecule has 150 valence electrons. The van der Waals surface area contributed by atoms with E-state index < -0.39 is 0 Å². The number of rotatable bonds is 8. The van der Waals surface area contributed by atoms with Crippen LogP contribution in [0.2, 0.25) is 0 Å². The van der Waals surface area contributed by atoms with Gasteiger partial charge in [-0.25, -0.2) is 4.98 Å². The van der Waals surface area contributed by atoms with Crippen LogP contribution < -0.4 is 0 Å². The normalized spacial score (nSPS) is 11.6. The first-order valence-corrected chi connectivity index (χ1v) is 10.9. The first-order chi connectivity index (χ1) is 14.1. The molecule has 0 amide bonds. The van der Waals surface area contributed by atoms with Gasteiger partial charge in [0.15, 0.2) is 10.8 Å². The Balaban J connectivity index is 1.61. The molecule has 8 nitrogen and oxygen atoms in total. The van der Waals surface area contributed by atoms with Gasteiger partial charge < -0.3 is 9.30 Å². The highest BCUT2D eigenvalue weighted by Crippen LogP contribution is 2.31. The van der Waals surface area contributed by atoms with Crippen LogP contribution in [0.5, 0.6) is 0 Å². The van der Waals surface area contributed by atoms with Crippen molar-refractivity contribution in [2.75, 3.05) is 6.61 Å². The van der Waals surface area contributed by atoms with E-state index >= 15 is 0 Å². The van der Waals surface area contributed by atoms with E-state index in [4.69, 9.17) is 4.74 Å². The number of halogens is 1. The molecule has 0 saturated heterocycles. The number of hydrogen-bond acceptors (Lipinski definition) is 7. The van der Waals surface area contributed by atoms with Crippen LogP contribution >= 0.6 is 27.7 Å². The molecule has 3 aromatic heterocycles. The number of ether oxygens (including phenoxy) is 1. The summed E-state index contributed by atoms with van der Waals surface area (Å²) in [4.78, 5) is 4.66. The molecule has 29 heavy (non-hydrogen) atoms. The van der Waals surface area contributed by atoms with Gasteiger partial charge in [-0.2, -0.15) is 0 Å². The Morgan fingerprint density at radius 1 is 1.14 bits per heavy atom. The third-order valence-electron chi connectivity index (χ3n) is 4.18. The van der Waals surface area contributed by atoms with Crippen molar-refractivity contribution in [1.82, 2.24) is 34.8 Å². The molecule has 0 saturated carbocycles. The molecule has 0 radical (unpaired) electrons. The Morgan fingerprint density at radius 2 is 1.97 bits per heavy atom. The van der Waals surface area contributed by atoms with E-state index in [0.717, 1.165) is 38.9 Å². The van der Waals surface area contributed by atoms with Gasteiger partial charge in [-0.1, -0.05) is 28.1 Å². The van der Waals surface area contributed by atoms with Gasteiger partial charge in [0.05, 0.1) is 18.0 Å². The minimum Gasteiger partial charge on any atom is -0.379 e. The number of benzene rings is 1. The molecule has 1 aromatic carbocycles. The second-order valence-corrected chi connectivity index (χ2v) is 8.56. The molecule has 0 bridgehead atoms. The fraction of sp³-hybridized carbons (Fsp3) is 0.316. The lowest BCUT2D eigenvalue weighted by Gasteiger charge is -2.13. The number of nitrogens with zero attached hydrogens (tertiary/aromatic N) is 7. The maximum absolute atomic E-state index is 5.71. The summed E-state index contributed by atoms with van der Waals surface area (Å²) >= 11 is 4.99. The van der Waals surface area contributed by atoms with Crippen molar-refractivity contribution >= 4 is 33.3 Å². The van der Waals surface area contributed by atoms with Gasteiger partial charge in [0.25, 0.3) is 0 Å². The molecule has 0 spiro atoms. The predicted molar refractivity (Wildman–Crippen MR) is 114 cm³/mol. The Bertz CT molecular complexity index is 1090. The quantitative estimate of drug-likeness (QED) is 0.356. The number of fused-ring (bicyclic) bond motifs is 1. The van der Waals surface area contributed by atoms with Crippen LogP contribution in [-0.2, 0) is 11.3 Å². The molecule has 0 aliphatic carbocycles. The summed E-state index contributed by atoms with van der Waals surface area (Å²) in [6, 6.07) is 12.0. The van der Waals surface area contributed by atoms with Crippen molar-refractivity contribution in [3.05, 3.63) is 47.1 Å². The number of tetrazole rings is 1. The van der Waals surface area contributed by atoms with E-state index in [1.165, 1.54) is 16.4 Å². The molecule has 4 aromatic rings. The highest BCUT2D eigenvalue weighted by atomic mass is 79.9. The summed E-state index contributed by atoms with van der Waals surface area (Å²) in [5, 5.41) is 17.5. The molecule has 0 atom stereocenters. The van der Waals surface area contributed by atoms with Gasteiger partial charge in [0.2, 0.25) is 0 Å². The molecular weight excluding hydrogens is 454 g/mol. The molecule has 0 fully saturated rings.